The van der Waals surface area contributed by atoms with Gasteiger partial charge in [0, 0.05) is 0 Å². The molecule has 0 aliphatic heterocycles. The average molecular weight is 233 g/mol. The Morgan fingerprint density at radius 1 is 1.59 bits per heavy atom. The Morgan fingerprint density at radius 3 is 3.00 bits per heavy atom. The van der Waals surface area contributed by atoms with Crippen molar-refractivity contribution in [1.29, 1.82) is 0 Å². The lowest BCUT2D eigenvalue weighted by Crippen LogP contribution is -2.19. The minimum atomic E-state index is -1.13. The molecule has 0 saturated carbocycles. The number of aryl methyl sites for hydroxylation is 1. The molecule has 1 rings (SSSR count). The number of carbonyl (C=O) groups is 1. The van der Waals surface area contributed by atoms with Crippen LogP contribution < -0.4 is 5.48 Å². The van der Waals surface area contributed by atoms with Crippen molar-refractivity contribution in [2.24, 2.45) is 0 Å². The highest BCUT2D eigenvalue weighted by Crippen LogP contribution is 2.05. The molecule has 0 spiro atoms. The third-order valence-corrected chi connectivity index (χ3v) is 1.99. The van der Waals surface area contributed by atoms with Crippen LogP contribution in [-0.2, 0) is 9.63 Å². The summed E-state index contributed by atoms with van der Waals surface area (Å²) in [6.45, 7) is 5.55. The Balaban J connectivity index is 2.32. The first-order valence-electron chi connectivity index (χ1n) is 5.13. The van der Waals surface area contributed by atoms with Crippen LogP contribution in [0.4, 0.5) is 0 Å². The number of carboxylic acid groups (broad SMARTS) is 1. The number of carboxylic acids is 1. The molecule has 0 aliphatic carbocycles. The van der Waals surface area contributed by atoms with Gasteiger partial charge < -0.3 is 5.11 Å². The fourth-order valence-corrected chi connectivity index (χ4v) is 1.18. The molecule has 4 nitrogen and oxygen atoms in total. The van der Waals surface area contributed by atoms with Gasteiger partial charge in [0.05, 0.1) is 6.61 Å². The second-order valence-corrected chi connectivity index (χ2v) is 3.51. The van der Waals surface area contributed by atoms with Crippen molar-refractivity contribution in [3.05, 3.63) is 53.7 Å². The van der Waals surface area contributed by atoms with Gasteiger partial charge in [-0.05, 0) is 12.5 Å². The Labute approximate surface area is 100 Å². The molecule has 1 aromatic rings. The molecule has 0 radical (unpaired) electrons. The molecule has 1 aromatic carbocycles. The van der Waals surface area contributed by atoms with Crippen molar-refractivity contribution in [2.75, 3.05) is 6.61 Å². The molecule has 0 unspecified atom stereocenters. The van der Waals surface area contributed by atoms with E-state index in [2.05, 4.69) is 12.1 Å². The van der Waals surface area contributed by atoms with Crippen LogP contribution in [0.1, 0.15) is 11.1 Å². The third kappa shape index (κ3) is 4.99. The molecule has 0 atom stereocenters. The Bertz CT molecular complexity index is 438. The van der Waals surface area contributed by atoms with Gasteiger partial charge in [-0.15, -0.1) is 0 Å². The second-order valence-electron chi connectivity index (χ2n) is 3.51. The quantitative estimate of drug-likeness (QED) is 0.449. The highest BCUT2D eigenvalue weighted by Gasteiger charge is 2.00. The lowest BCUT2D eigenvalue weighted by Gasteiger charge is -2.03. The molecular weight excluding hydrogens is 218 g/mol. The molecule has 0 aromatic heterocycles. The summed E-state index contributed by atoms with van der Waals surface area (Å²) >= 11 is 0. The summed E-state index contributed by atoms with van der Waals surface area (Å²) < 4.78 is 0. The van der Waals surface area contributed by atoms with Crippen molar-refractivity contribution >= 4 is 12.0 Å². The van der Waals surface area contributed by atoms with Gasteiger partial charge in [-0.3, -0.25) is 10.3 Å². The van der Waals surface area contributed by atoms with E-state index in [0.717, 1.165) is 5.56 Å². The minimum absolute atomic E-state index is 0.186. The van der Waals surface area contributed by atoms with Gasteiger partial charge in [0.25, 0.3) is 0 Å². The molecule has 4 heteroatoms. The van der Waals surface area contributed by atoms with E-state index in [0.29, 0.717) is 0 Å². The van der Waals surface area contributed by atoms with Crippen LogP contribution >= 0.6 is 0 Å². The van der Waals surface area contributed by atoms with Gasteiger partial charge in [-0.1, -0.05) is 48.6 Å². The average Bonchev–Trinajstić information content (AvgIpc) is 2.28. The molecule has 0 aliphatic rings. The van der Waals surface area contributed by atoms with Crippen LogP contribution in [0.5, 0.6) is 0 Å². The summed E-state index contributed by atoms with van der Waals surface area (Å²) in [5, 5.41) is 8.49. The maximum atomic E-state index is 10.4. The van der Waals surface area contributed by atoms with E-state index in [1.165, 1.54) is 5.56 Å². The van der Waals surface area contributed by atoms with Crippen LogP contribution in [0.3, 0.4) is 0 Å². The first-order chi connectivity index (χ1) is 8.09. The Kier molecular flexibility index (Phi) is 4.97. The Morgan fingerprint density at radius 2 is 2.35 bits per heavy atom. The van der Waals surface area contributed by atoms with Crippen molar-refractivity contribution < 1.29 is 14.7 Å². The van der Waals surface area contributed by atoms with Gasteiger partial charge in [0.1, 0.15) is 5.70 Å². The molecule has 0 bridgehead atoms. The lowest BCUT2D eigenvalue weighted by atomic mass is 10.1. The van der Waals surface area contributed by atoms with E-state index in [1.807, 2.05) is 37.3 Å². The van der Waals surface area contributed by atoms with Gasteiger partial charge in [-0.25, -0.2) is 4.79 Å². The molecule has 0 amide bonds. The van der Waals surface area contributed by atoms with Gasteiger partial charge in [0.15, 0.2) is 0 Å². The molecule has 0 fully saturated rings. The summed E-state index contributed by atoms with van der Waals surface area (Å²) in [6, 6.07) is 8.01. The smallest absolute Gasteiger partial charge is 0.353 e. The number of aliphatic carboxylic acids is 1. The van der Waals surface area contributed by atoms with Crippen LogP contribution in [0.25, 0.3) is 6.08 Å². The van der Waals surface area contributed by atoms with Crippen LogP contribution in [-0.4, -0.2) is 17.7 Å². The van der Waals surface area contributed by atoms with Gasteiger partial charge in [0.2, 0.25) is 0 Å². The monoisotopic (exact) mass is 233 g/mol. The van der Waals surface area contributed by atoms with Crippen LogP contribution in [0.2, 0.25) is 0 Å². The number of nitrogens with one attached hydrogen (secondary N) is 1. The maximum Gasteiger partial charge on any atom is 0.353 e. The fourth-order valence-electron chi connectivity index (χ4n) is 1.18. The first-order valence-corrected chi connectivity index (χ1v) is 5.13. The summed E-state index contributed by atoms with van der Waals surface area (Å²) in [5.41, 5.74) is 4.31. The number of hydrogen-bond acceptors (Lipinski definition) is 3. The van der Waals surface area contributed by atoms with E-state index >= 15 is 0 Å². The molecule has 0 saturated heterocycles. The predicted molar refractivity (Wildman–Crippen MR) is 66.1 cm³/mol. The van der Waals surface area contributed by atoms with E-state index in [9.17, 15) is 4.79 Å². The normalized spacial score (nSPS) is 10.4. The number of hydroxylamine groups is 1. The SMILES string of the molecule is C=C(NOCC=Cc1cccc(C)c1)C(=O)O. The van der Waals surface area contributed by atoms with Gasteiger partial charge in [-0.2, -0.15) is 0 Å². The topological polar surface area (TPSA) is 58.6 Å². The summed E-state index contributed by atoms with van der Waals surface area (Å²) in [4.78, 5) is 15.3. The molecule has 2 N–H and O–H groups in total. The summed E-state index contributed by atoms with van der Waals surface area (Å²) in [5.74, 6) is -1.13. The molecule has 90 valence electrons. The molecular formula is C13H15NO3. The molecule has 17 heavy (non-hydrogen) atoms. The highest BCUT2D eigenvalue weighted by atomic mass is 16.6. The standard InChI is InChI=1S/C13H15NO3/c1-10-5-3-6-12(9-10)7-4-8-17-14-11(2)13(15)16/h3-7,9,14H,2,8H2,1H3,(H,15,16). The zero-order valence-corrected chi connectivity index (χ0v) is 9.64. The van der Waals surface area contributed by atoms with Crippen molar-refractivity contribution in [2.45, 2.75) is 6.92 Å². The van der Waals surface area contributed by atoms with E-state index in [4.69, 9.17) is 9.94 Å². The maximum absolute atomic E-state index is 10.4. The summed E-state index contributed by atoms with van der Waals surface area (Å²) in [6.07, 6.45) is 3.69. The Hall–Kier alpha value is -2.07. The zero-order valence-electron chi connectivity index (χ0n) is 9.64. The van der Waals surface area contributed by atoms with Crippen molar-refractivity contribution in [3.8, 4) is 0 Å². The van der Waals surface area contributed by atoms with Gasteiger partial charge >= 0.3 is 5.97 Å². The molecule has 0 heterocycles. The summed E-state index contributed by atoms with van der Waals surface area (Å²) in [7, 11) is 0. The highest BCUT2D eigenvalue weighted by molar-refractivity contribution is 5.84. The zero-order chi connectivity index (χ0) is 12.7. The number of hydrogen-bond donors (Lipinski definition) is 2. The van der Waals surface area contributed by atoms with Crippen LogP contribution in [0.15, 0.2) is 42.6 Å². The minimum Gasteiger partial charge on any atom is -0.477 e. The van der Waals surface area contributed by atoms with Crippen molar-refractivity contribution in [3.63, 3.8) is 0 Å². The fraction of sp³-hybridized carbons (Fsp3) is 0.154. The van der Waals surface area contributed by atoms with E-state index < -0.39 is 5.97 Å². The first kappa shape index (κ1) is 13.0. The largest absolute Gasteiger partial charge is 0.477 e. The van der Waals surface area contributed by atoms with Crippen molar-refractivity contribution in [1.82, 2.24) is 5.48 Å². The van der Waals surface area contributed by atoms with E-state index in [-0.39, 0.29) is 12.3 Å². The second kappa shape index (κ2) is 6.50. The number of rotatable bonds is 6. The number of benzene rings is 1. The lowest BCUT2D eigenvalue weighted by molar-refractivity contribution is -0.134. The van der Waals surface area contributed by atoms with E-state index in [1.54, 1.807) is 6.08 Å². The predicted octanol–water partition coefficient (Wildman–Crippen LogP) is 2.13. The third-order valence-electron chi connectivity index (χ3n) is 1.99. The van der Waals surface area contributed by atoms with Crippen LogP contribution in [0, 0.1) is 6.92 Å².